The van der Waals surface area contributed by atoms with Crippen LogP contribution in [0.5, 0.6) is 11.5 Å². The molecule has 1 N–H and O–H groups in total. The summed E-state index contributed by atoms with van der Waals surface area (Å²) in [6.07, 6.45) is 4.74. The van der Waals surface area contributed by atoms with E-state index in [4.69, 9.17) is 30.5 Å². The van der Waals surface area contributed by atoms with Crippen LogP contribution in [0.1, 0.15) is 18.4 Å². The zero-order valence-electron chi connectivity index (χ0n) is 13.5. The van der Waals surface area contributed by atoms with E-state index >= 15 is 0 Å². The molecule has 2 heterocycles. The van der Waals surface area contributed by atoms with E-state index in [2.05, 4.69) is 5.32 Å². The third-order valence-corrected chi connectivity index (χ3v) is 4.04. The summed E-state index contributed by atoms with van der Waals surface area (Å²) >= 11 is 6.06. The molecule has 0 bridgehead atoms. The van der Waals surface area contributed by atoms with Gasteiger partial charge in [0, 0.05) is 19.2 Å². The number of carbonyl (C=O) groups excluding carboxylic acids is 2. The van der Waals surface area contributed by atoms with Gasteiger partial charge in [-0.25, -0.2) is 4.79 Å². The van der Waals surface area contributed by atoms with E-state index in [1.165, 1.54) is 12.2 Å². The molecule has 1 aromatic rings. The Hall–Kier alpha value is -2.25. The lowest BCUT2D eigenvalue weighted by Gasteiger charge is -2.10. The highest BCUT2D eigenvalue weighted by Gasteiger charge is 2.18. The summed E-state index contributed by atoms with van der Waals surface area (Å²) in [5.41, 5.74) is 0.661. The molecule has 7 nitrogen and oxygen atoms in total. The Morgan fingerprint density at radius 1 is 1.36 bits per heavy atom. The van der Waals surface area contributed by atoms with Crippen molar-refractivity contribution < 1.29 is 28.5 Å². The summed E-state index contributed by atoms with van der Waals surface area (Å²) < 4.78 is 20.8. The third kappa shape index (κ3) is 4.87. The fourth-order valence-corrected chi connectivity index (χ4v) is 2.79. The van der Waals surface area contributed by atoms with Gasteiger partial charge in [-0.2, -0.15) is 0 Å². The van der Waals surface area contributed by atoms with E-state index in [9.17, 15) is 9.59 Å². The van der Waals surface area contributed by atoms with Crippen molar-refractivity contribution >= 4 is 29.6 Å². The van der Waals surface area contributed by atoms with Crippen molar-refractivity contribution in [1.82, 2.24) is 5.32 Å². The van der Waals surface area contributed by atoms with E-state index in [-0.39, 0.29) is 25.4 Å². The summed E-state index contributed by atoms with van der Waals surface area (Å²) in [4.78, 5) is 23.3. The maximum atomic E-state index is 11.7. The van der Waals surface area contributed by atoms with Crippen LogP contribution in [-0.2, 0) is 19.1 Å². The molecule has 3 rings (SSSR count). The lowest BCUT2D eigenvalue weighted by molar-refractivity contribution is -0.143. The monoisotopic (exact) mass is 367 g/mol. The SMILES string of the molecule is O=C(COC(=O)/C=C/c1cc(Cl)c2c(c1)OCO2)NC[C@H]1CCCO1. The van der Waals surface area contributed by atoms with E-state index in [1.54, 1.807) is 12.1 Å². The predicted molar refractivity (Wildman–Crippen MR) is 89.6 cm³/mol. The Morgan fingerprint density at radius 3 is 3.04 bits per heavy atom. The molecule has 1 saturated heterocycles. The average Bonchev–Trinajstić information content (AvgIpc) is 3.27. The number of fused-ring (bicyclic) bond motifs is 1. The number of nitrogens with one attached hydrogen (secondary N) is 1. The van der Waals surface area contributed by atoms with Gasteiger partial charge in [-0.15, -0.1) is 0 Å². The highest BCUT2D eigenvalue weighted by Crippen LogP contribution is 2.40. The van der Waals surface area contributed by atoms with Crippen LogP contribution >= 0.6 is 11.6 Å². The van der Waals surface area contributed by atoms with Crippen LogP contribution in [0.25, 0.3) is 6.08 Å². The fraction of sp³-hybridized carbons (Fsp3) is 0.412. The zero-order chi connectivity index (χ0) is 17.6. The molecule has 0 saturated carbocycles. The molecule has 2 aliphatic heterocycles. The second-order valence-corrected chi connectivity index (χ2v) is 6.02. The molecule has 1 amide bonds. The van der Waals surface area contributed by atoms with Gasteiger partial charge in [-0.05, 0) is 36.6 Å². The molecule has 1 atom stereocenters. The van der Waals surface area contributed by atoms with Crippen LogP contribution in [0.15, 0.2) is 18.2 Å². The van der Waals surface area contributed by atoms with Crippen molar-refractivity contribution in [2.45, 2.75) is 18.9 Å². The fourth-order valence-electron chi connectivity index (χ4n) is 2.52. The summed E-state index contributed by atoms with van der Waals surface area (Å²) in [5.74, 6) is 0.0303. The van der Waals surface area contributed by atoms with Crippen LogP contribution in [0.3, 0.4) is 0 Å². The number of amides is 1. The van der Waals surface area contributed by atoms with Crippen LogP contribution < -0.4 is 14.8 Å². The maximum Gasteiger partial charge on any atom is 0.331 e. The molecule has 0 aliphatic carbocycles. The second-order valence-electron chi connectivity index (χ2n) is 5.62. The first-order chi connectivity index (χ1) is 12.1. The van der Waals surface area contributed by atoms with Gasteiger partial charge in [0.05, 0.1) is 11.1 Å². The number of carbonyl (C=O) groups is 2. The normalized spacial score (nSPS) is 18.5. The first-order valence-corrected chi connectivity index (χ1v) is 8.32. The van der Waals surface area contributed by atoms with Crippen molar-refractivity contribution in [3.63, 3.8) is 0 Å². The summed E-state index contributed by atoms with van der Waals surface area (Å²) in [7, 11) is 0. The summed E-state index contributed by atoms with van der Waals surface area (Å²) in [6.45, 7) is 0.940. The summed E-state index contributed by atoms with van der Waals surface area (Å²) in [5, 5.41) is 3.08. The van der Waals surface area contributed by atoms with E-state index in [0.717, 1.165) is 19.4 Å². The molecule has 2 aliphatic rings. The minimum atomic E-state index is -0.624. The summed E-state index contributed by atoms with van der Waals surface area (Å²) in [6, 6.07) is 3.35. The molecule has 0 unspecified atom stereocenters. The molecule has 1 aromatic carbocycles. The van der Waals surface area contributed by atoms with Crippen molar-refractivity contribution in [3.8, 4) is 11.5 Å². The minimum Gasteiger partial charge on any atom is -0.454 e. The lowest BCUT2D eigenvalue weighted by atomic mass is 10.2. The minimum absolute atomic E-state index is 0.0512. The molecular weight excluding hydrogens is 350 g/mol. The molecule has 134 valence electrons. The number of hydrogen-bond acceptors (Lipinski definition) is 6. The number of ether oxygens (including phenoxy) is 4. The van der Waals surface area contributed by atoms with Gasteiger partial charge < -0.3 is 24.3 Å². The van der Waals surface area contributed by atoms with Gasteiger partial charge in [0.1, 0.15) is 0 Å². The number of esters is 1. The number of rotatable bonds is 6. The number of hydrogen-bond donors (Lipinski definition) is 1. The molecule has 0 spiro atoms. The van der Waals surface area contributed by atoms with Gasteiger partial charge in [0.15, 0.2) is 18.1 Å². The van der Waals surface area contributed by atoms with Crippen molar-refractivity contribution in [2.75, 3.05) is 26.6 Å². The Morgan fingerprint density at radius 2 is 2.24 bits per heavy atom. The second kappa shape index (κ2) is 8.22. The van der Waals surface area contributed by atoms with Crippen LogP contribution in [0.2, 0.25) is 5.02 Å². The van der Waals surface area contributed by atoms with Gasteiger partial charge in [0.25, 0.3) is 5.91 Å². The van der Waals surface area contributed by atoms with Crippen LogP contribution in [0.4, 0.5) is 0 Å². The van der Waals surface area contributed by atoms with Crippen LogP contribution in [-0.4, -0.2) is 44.5 Å². The molecule has 25 heavy (non-hydrogen) atoms. The Balaban J connectivity index is 1.43. The van der Waals surface area contributed by atoms with Gasteiger partial charge >= 0.3 is 5.97 Å². The molecule has 1 fully saturated rings. The molecule has 8 heteroatoms. The highest BCUT2D eigenvalue weighted by atomic mass is 35.5. The Labute approximate surface area is 149 Å². The van der Waals surface area contributed by atoms with Gasteiger partial charge in [0.2, 0.25) is 6.79 Å². The van der Waals surface area contributed by atoms with E-state index in [0.29, 0.717) is 28.6 Å². The molecular formula is C17H18ClNO6. The quantitative estimate of drug-likeness (QED) is 0.611. The maximum absolute atomic E-state index is 11.7. The first-order valence-electron chi connectivity index (χ1n) is 7.94. The predicted octanol–water partition coefficient (Wildman–Crippen LogP) is 1.92. The largest absolute Gasteiger partial charge is 0.454 e. The van der Waals surface area contributed by atoms with Gasteiger partial charge in [-0.3, -0.25) is 4.79 Å². The standard InChI is InChI=1S/C17H18ClNO6/c18-13-6-11(7-14-17(13)25-10-24-14)3-4-16(21)23-9-15(20)19-8-12-2-1-5-22-12/h3-4,6-7,12H,1-2,5,8-10H2,(H,19,20)/b4-3+/t12-/m1/s1. The van der Waals surface area contributed by atoms with Gasteiger partial charge in [-0.1, -0.05) is 11.6 Å². The average molecular weight is 368 g/mol. The van der Waals surface area contributed by atoms with Crippen molar-refractivity contribution in [3.05, 3.63) is 28.8 Å². The topological polar surface area (TPSA) is 83.1 Å². The van der Waals surface area contributed by atoms with E-state index < -0.39 is 5.97 Å². The van der Waals surface area contributed by atoms with Crippen molar-refractivity contribution in [1.29, 1.82) is 0 Å². The molecule has 0 radical (unpaired) electrons. The molecule has 0 aromatic heterocycles. The van der Waals surface area contributed by atoms with Crippen LogP contribution in [0, 0.1) is 0 Å². The zero-order valence-corrected chi connectivity index (χ0v) is 14.2. The number of benzene rings is 1. The lowest BCUT2D eigenvalue weighted by Crippen LogP contribution is -2.34. The first kappa shape index (κ1) is 17.6. The smallest absolute Gasteiger partial charge is 0.331 e. The highest BCUT2D eigenvalue weighted by molar-refractivity contribution is 6.32. The Kier molecular flexibility index (Phi) is 5.78. The third-order valence-electron chi connectivity index (χ3n) is 3.76. The van der Waals surface area contributed by atoms with E-state index in [1.807, 2.05) is 0 Å². The Bertz CT molecular complexity index is 684. The van der Waals surface area contributed by atoms with Crippen molar-refractivity contribution in [2.24, 2.45) is 0 Å². The number of halogens is 1.